The van der Waals surface area contributed by atoms with E-state index in [1.165, 1.54) is 0 Å². The van der Waals surface area contributed by atoms with E-state index in [0.717, 1.165) is 31.4 Å². The van der Waals surface area contributed by atoms with Gasteiger partial charge in [-0.2, -0.15) is 0 Å². The maximum absolute atomic E-state index is 11.6. The van der Waals surface area contributed by atoms with Gasteiger partial charge in [-0.1, -0.05) is 13.3 Å². The molecule has 0 saturated carbocycles. The number of nitrogens with one attached hydrogen (secondary N) is 1. The van der Waals surface area contributed by atoms with Crippen LogP contribution in [0.15, 0.2) is 16.5 Å². The molecule has 0 aromatic carbocycles. The third-order valence-corrected chi connectivity index (χ3v) is 2.60. The summed E-state index contributed by atoms with van der Waals surface area (Å²) in [4.78, 5) is 11.6. The molecule has 0 saturated heterocycles. The molecule has 0 aliphatic carbocycles. The molecular weight excluding hydrogens is 226 g/mol. The Morgan fingerprint density at radius 2 is 2.19 bits per heavy atom. The van der Waals surface area contributed by atoms with Crippen molar-refractivity contribution < 1.29 is 9.21 Å². The van der Waals surface area contributed by atoms with Gasteiger partial charge in [0.15, 0.2) is 5.76 Å². The van der Waals surface area contributed by atoms with Crippen molar-refractivity contribution in [1.29, 1.82) is 0 Å². The molecule has 4 heteroatoms. The summed E-state index contributed by atoms with van der Waals surface area (Å²) in [6, 6.07) is 3.55. The summed E-state index contributed by atoms with van der Waals surface area (Å²) in [7, 11) is 0. The maximum atomic E-state index is 11.6. The molecule has 1 amide bonds. The normalized spacial score (nSPS) is 10.4. The highest BCUT2D eigenvalue weighted by Crippen LogP contribution is 2.08. The third-order valence-electron chi connectivity index (χ3n) is 2.33. The Morgan fingerprint density at radius 1 is 1.38 bits per heavy atom. The number of rotatable bonds is 7. The molecule has 0 aliphatic rings. The molecule has 16 heavy (non-hydrogen) atoms. The summed E-state index contributed by atoms with van der Waals surface area (Å²) in [6.45, 7) is 2.67. The number of amides is 1. The van der Waals surface area contributed by atoms with Crippen molar-refractivity contribution in [2.24, 2.45) is 0 Å². The molecule has 1 aromatic heterocycles. The summed E-state index contributed by atoms with van der Waals surface area (Å²) in [5.41, 5.74) is 0. The van der Waals surface area contributed by atoms with Crippen LogP contribution < -0.4 is 5.32 Å². The van der Waals surface area contributed by atoms with Crippen LogP contribution in [0.1, 0.15) is 42.5 Å². The van der Waals surface area contributed by atoms with Gasteiger partial charge in [-0.25, -0.2) is 0 Å². The van der Waals surface area contributed by atoms with Gasteiger partial charge in [0, 0.05) is 18.8 Å². The van der Waals surface area contributed by atoms with Crippen LogP contribution in [0.2, 0.25) is 0 Å². The third kappa shape index (κ3) is 4.27. The smallest absolute Gasteiger partial charge is 0.286 e. The lowest BCUT2D eigenvalue weighted by atomic mass is 10.2. The first-order valence-electron chi connectivity index (χ1n) is 5.70. The minimum Gasteiger partial charge on any atom is -0.456 e. The number of aryl methyl sites for hydroxylation is 1. The zero-order chi connectivity index (χ0) is 11.8. The van der Waals surface area contributed by atoms with Gasteiger partial charge in [0.2, 0.25) is 0 Å². The van der Waals surface area contributed by atoms with E-state index in [1.807, 2.05) is 13.0 Å². The van der Waals surface area contributed by atoms with Gasteiger partial charge >= 0.3 is 0 Å². The maximum Gasteiger partial charge on any atom is 0.286 e. The van der Waals surface area contributed by atoms with Crippen LogP contribution in [-0.2, 0) is 6.42 Å². The van der Waals surface area contributed by atoms with E-state index >= 15 is 0 Å². The molecule has 0 fully saturated rings. The lowest BCUT2D eigenvalue weighted by Crippen LogP contribution is -2.23. The van der Waals surface area contributed by atoms with Crippen LogP contribution in [0.3, 0.4) is 0 Å². The Labute approximate surface area is 101 Å². The van der Waals surface area contributed by atoms with Crippen LogP contribution in [0, 0.1) is 0 Å². The number of carbonyl (C=O) groups is 1. The second-order valence-corrected chi connectivity index (χ2v) is 4.00. The second-order valence-electron chi connectivity index (χ2n) is 3.63. The highest BCUT2D eigenvalue weighted by atomic mass is 35.5. The molecule has 0 radical (unpaired) electrons. The van der Waals surface area contributed by atoms with Crippen molar-refractivity contribution in [2.45, 2.75) is 32.6 Å². The molecule has 0 unspecified atom stereocenters. The standard InChI is InChI=1S/C12H18ClNO2/c1-2-10-6-7-11(16-10)12(15)14-9-5-3-4-8-13/h6-7H,2-5,8-9H2,1H3,(H,14,15). The van der Waals surface area contributed by atoms with Crippen molar-refractivity contribution in [3.8, 4) is 0 Å². The van der Waals surface area contributed by atoms with Gasteiger partial charge in [0.25, 0.3) is 5.91 Å². The predicted molar refractivity (Wildman–Crippen MR) is 65.0 cm³/mol. The van der Waals surface area contributed by atoms with E-state index in [4.69, 9.17) is 16.0 Å². The number of alkyl halides is 1. The van der Waals surface area contributed by atoms with E-state index in [9.17, 15) is 4.79 Å². The second kappa shape index (κ2) is 7.34. The number of halogens is 1. The van der Waals surface area contributed by atoms with Crippen molar-refractivity contribution in [3.05, 3.63) is 23.7 Å². The number of carbonyl (C=O) groups excluding carboxylic acids is 1. The number of hydrogen-bond acceptors (Lipinski definition) is 2. The van der Waals surface area contributed by atoms with E-state index in [0.29, 0.717) is 18.2 Å². The van der Waals surface area contributed by atoms with Crippen LogP contribution in [0.25, 0.3) is 0 Å². The van der Waals surface area contributed by atoms with Crippen molar-refractivity contribution in [2.75, 3.05) is 12.4 Å². The van der Waals surface area contributed by atoms with E-state index < -0.39 is 0 Å². The monoisotopic (exact) mass is 243 g/mol. The fourth-order valence-electron chi connectivity index (χ4n) is 1.38. The summed E-state index contributed by atoms with van der Waals surface area (Å²) in [6.07, 6.45) is 3.81. The lowest BCUT2D eigenvalue weighted by Gasteiger charge is -2.02. The van der Waals surface area contributed by atoms with Gasteiger partial charge in [-0.05, 0) is 25.0 Å². The minimum absolute atomic E-state index is 0.134. The summed E-state index contributed by atoms with van der Waals surface area (Å²) in [5, 5.41) is 2.82. The molecular formula is C12H18ClNO2. The van der Waals surface area contributed by atoms with Crippen molar-refractivity contribution in [3.63, 3.8) is 0 Å². The average Bonchev–Trinajstić information content (AvgIpc) is 2.77. The summed E-state index contributed by atoms with van der Waals surface area (Å²) >= 11 is 5.56. The van der Waals surface area contributed by atoms with Crippen LogP contribution in [0.5, 0.6) is 0 Å². The lowest BCUT2D eigenvalue weighted by molar-refractivity contribution is 0.0923. The molecule has 0 bridgehead atoms. The fourth-order valence-corrected chi connectivity index (χ4v) is 1.56. The quantitative estimate of drug-likeness (QED) is 0.591. The van der Waals surface area contributed by atoms with E-state index in [1.54, 1.807) is 6.07 Å². The topological polar surface area (TPSA) is 42.2 Å². The molecule has 1 rings (SSSR count). The van der Waals surface area contributed by atoms with E-state index in [2.05, 4.69) is 5.32 Å². The van der Waals surface area contributed by atoms with Crippen LogP contribution >= 0.6 is 11.6 Å². The molecule has 0 atom stereocenters. The Balaban J connectivity index is 2.24. The Morgan fingerprint density at radius 3 is 2.81 bits per heavy atom. The highest BCUT2D eigenvalue weighted by Gasteiger charge is 2.09. The summed E-state index contributed by atoms with van der Waals surface area (Å²) in [5.74, 6) is 1.79. The first-order valence-corrected chi connectivity index (χ1v) is 6.24. The molecule has 0 spiro atoms. The molecule has 3 nitrogen and oxygen atoms in total. The Bertz CT molecular complexity index is 323. The van der Waals surface area contributed by atoms with Crippen LogP contribution in [0.4, 0.5) is 0 Å². The number of unbranched alkanes of at least 4 members (excludes halogenated alkanes) is 2. The SMILES string of the molecule is CCc1ccc(C(=O)NCCCCCCl)o1. The summed E-state index contributed by atoms with van der Waals surface area (Å²) < 4.78 is 5.34. The Kier molecular flexibility index (Phi) is 6.01. The first kappa shape index (κ1) is 13.1. The molecule has 1 heterocycles. The van der Waals surface area contributed by atoms with Crippen molar-refractivity contribution >= 4 is 17.5 Å². The number of hydrogen-bond donors (Lipinski definition) is 1. The predicted octanol–water partition coefficient (Wildman–Crippen LogP) is 2.98. The van der Waals surface area contributed by atoms with E-state index in [-0.39, 0.29) is 5.91 Å². The van der Waals surface area contributed by atoms with Crippen LogP contribution in [-0.4, -0.2) is 18.3 Å². The minimum atomic E-state index is -0.134. The van der Waals surface area contributed by atoms with Crippen molar-refractivity contribution in [1.82, 2.24) is 5.32 Å². The average molecular weight is 244 g/mol. The van der Waals surface area contributed by atoms with Gasteiger partial charge in [-0.3, -0.25) is 4.79 Å². The first-order chi connectivity index (χ1) is 7.77. The fraction of sp³-hybridized carbons (Fsp3) is 0.583. The van der Waals surface area contributed by atoms with Gasteiger partial charge < -0.3 is 9.73 Å². The zero-order valence-electron chi connectivity index (χ0n) is 9.59. The zero-order valence-corrected chi connectivity index (χ0v) is 10.3. The van der Waals surface area contributed by atoms with Gasteiger partial charge in [0.05, 0.1) is 0 Å². The number of furan rings is 1. The molecule has 90 valence electrons. The molecule has 0 aliphatic heterocycles. The van der Waals surface area contributed by atoms with Gasteiger partial charge in [-0.15, -0.1) is 11.6 Å². The largest absolute Gasteiger partial charge is 0.456 e. The molecule has 1 aromatic rings. The van der Waals surface area contributed by atoms with Gasteiger partial charge in [0.1, 0.15) is 5.76 Å². The Hall–Kier alpha value is -0.960. The highest BCUT2D eigenvalue weighted by molar-refractivity contribution is 6.17. The molecule has 1 N–H and O–H groups in total.